The molecule has 0 aliphatic rings. The van der Waals surface area contributed by atoms with E-state index in [-0.39, 0.29) is 35.6 Å². The molecule has 0 aliphatic carbocycles. The number of benzene rings is 2. The van der Waals surface area contributed by atoms with Crippen LogP contribution in [0.2, 0.25) is 5.02 Å². The second-order valence-electron chi connectivity index (χ2n) is 7.68. The lowest BCUT2D eigenvalue weighted by atomic mass is 9.92. The third-order valence-electron chi connectivity index (χ3n) is 4.86. The van der Waals surface area contributed by atoms with Gasteiger partial charge in [0.1, 0.15) is 5.82 Å². The van der Waals surface area contributed by atoms with E-state index in [9.17, 15) is 8.96 Å². The topological polar surface area (TPSA) is 47.6 Å². The highest BCUT2D eigenvalue weighted by atomic mass is 35.5. The predicted molar refractivity (Wildman–Crippen MR) is 123 cm³/mol. The Morgan fingerprint density at radius 1 is 0.967 bits per heavy atom. The summed E-state index contributed by atoms with van der Waals surface area (Å²) in [5.41, 5.74) is 2.97. The minimum absolute atomic E-state index is 0.0812. The van der Waals surface area contributed by atoms with Gasteiger partial charge in [0.15, 0.2) is 5.78 Å². The van der Waals surface area contributed by atoms with Crippen LogP contribution in [-0.4, -0.2) is 13.2 Å². The third kappa shape index (κ3) is 5.45. The molecule has 4 nitrogen and oxygen atoms in total. The Bertz CT molecular complexity index is 848. The molecule has 0 saturated heterocycles. The van der Waals surface area contributed by atoms with Crippen molar-refractivity contribution in [2.45, 2.75) is 59.2 Å². The summed E-state index contributed by atoms with van der Waals surface area (Å²) < 4.78 is 40.1. The summed E-state index contributed by atoms with van der Waals surface area (Å²) in [6, 6.07) is 10.4. The van der Waals surface area contributed by atoms with Crippen LogP contribution in [0.3, 0.4) is 0 Å². The fraction of sp³-hybridized carbons (Fsp3) is 0.478. The molecule has 0 spiro atoms. The van der Waals surface area contributed by atoms with Crippen LogP contribution in [0.15, 0.2) is 36.4 Å². The number of anilines is 1. The molecule has 2 aromatic rings. The number of hydrogen-bond acceptors (Lipinski definition) is 4. The van der Waals surface area contributed by atoms with E-state index in [1.807, 2.05) is 18.2 Å². The summed E-state index contributed by atoms with van der Waals surface area (Å²) in [5, 5.41) is 3.52. The first kappa shape index (κ1) is 24.9. The highest BCUT2D eigenvalue weighted by Gasteiger charge is 2.40. The van der Waals surface area contributed by atoms with Gasteiger partial charge in [0, 0.05) is 16.3 Å². The molecule has 1 N–H and O–H groups in total. The van der Waals surface area contributed by atoms with Gasteiger partial charge in [-0.05, 0) is 48.9 Å². The third-order valence-corrected chi connectivity index (χ3v) is 7.45. The van der Waals surface area contributed by atoms with Crippen molar-refractivity contribution >= 4 is 24.9 Å². The van der Waals surface area contributed by atoms with Crippen LogP contribution < -0.4 is 5.32 Å². The van der Waals surface area contributed by atoms with Crippen molar-refractivity contribution in [1.82, 2.24) is 0 Å². The molecule has 0 amide bonds. The van der Waals surface area contributed by atoms with E-state index in [1.54, 1.807) is 19.9 Å². The molecular weight excluding hydrogens is 424 g/mol. The van der Waals surface area contributed by atoms with Gasteiger partial charge in [-0.25, -0.2) is 4.39 Å². The van der Waals surface area contributed by atoms with Crippen LogP contribution in [-0.2, 0) is 13.6 Å². The number of nitrogens with one attached hydrogen (secondary N) is 1. The Morgan fingerprint density at radius 3 is 1.90 bits per heavy atom. The van der Waals surface area contributed by atoms with E-state index in [0.29, 0.717) is 0 Å². The lowest BCUT2D eigenvalue weighted by Crippen LogP contribution is -2.19. The average Bonchev–Trinajstić information content (AvgIpc) is 2.67. The number of hydrogen-bond donors (Lipinski definition) is 1. The molecule has 0 bridgehead atoms. The molecule has 0 heterocycles. The summed E-state index contributed by atoms with van der Waals surface area (Å²) in [6.45, 7) is 12.1. The zero-order chi connectivity index (χ0) is 22.5. The molecule has 2 rings (SSSR count). The van der Waals surface area contributed by atoms with Gasteiger partial charge in [-0.1, -0.05) is 63.6 Å². The van der Waals surface area contributed by atoms with Gasteiger partial charge < -0.3 is 14.4 Å². The average molecular weight is 456 g/mol. The van der Waals surface area contributed by atoms with Crippen LogP contribution in [0, 0.1) is 5.82 Å². The van der Waals surface area contributed by atoms with Crippen LogP contribution in [0.1, 0.15) is 75.9 Å². The predicted octanol–water partition coefficient (Wildman–Crippen LogP) is 8.10. The summed E-state index contributed by atoms with van der Waals surface area (Å²) in [4.78, 5) is 0. The lowest BCUT2D eigenvalue weighted by molar-refractivity contribution is 0.213. The van der Waals surface area contributed by atoms with Gasteiger partial charge in [0.25, 0.3) is 0 Å². The lowest BCUT2D eigenvalue weighted by Gasteiger charge is -2.31. The Kier molecular flexibility index (Phi) is 8.93. The maximum atomic E-state index is 15.0. The molecule has 7 heteroatoms. The van der Waals surface area contributed by atoms with Crippen molar-refractivity contribution in [3.63, 3.8) is 0 Å². The molecule has 0 saturated carbocycles. The Labute approximate surface area is 184 Å². The number of para-hydroxylation sites is 1. The highest BCUT2D eigenvalue weighted by molar-refractivity contribution is 7.54. The van der Waals surface area contributed by atoms with E-state index in [1.165, 1.54) is 12.1 Å². The van der Waals surface area contributed by atoms with Gasteiger partial charge >= 0.3 is 7.60 Å². The van der Waals surface area contributed by atoms with Gasteiger partial charge in [0.2, 0.25) is 0 Å². The Balaban J connectivity index is 2.76. The van der Waals surface area contributed by atoms with Gasteiger partial charge in [-0.2, -0.15) is 0 Å². The maximum absolute atomic E-state index is 15.0. The fourth-order valence-electron chi connectivity index (χ4n) is 3.48. The highest BCUT2D eigenvalue weighted by Crippen LogP contribution is 2.62. The summed E-state index contributed by atoms with van der Waals surface area (Å²) in [5.74, 6) is -1.26. The van der Waals surface area contributed by atoms with Crippen molar-refractivity contribution in [3.05, 3.63) is 63.9 Å². The quantitative estimate of drug-likeness (QED) is 0.367. The number of rotatable bonds is 10. The van der Waals surface area contributed by atoms with Crippen LogP contribution in [0.5, 0.6) is 0 Å². The van der Waals surface area contributed by atoms with Crippen molar-refractivity contribution < 1.29 is 18.0 Å². The molecule has 0 radical (unpaired) electrons. The molecular formula is C23H32ClFNO3P. The molecule has 1 atom stereocenters. The maximum Gasteiger partial charge on any atom is 0.357 e. The van der Waals surface area contributed by atoms with Crippen molar-refractivity contribution in [3.8, 4) is 0 Å². The van der Waals surface area contributed by atoms with E-state index in [4.69, 9.17) is 20.6 Å². The van der Waals surface area contributed by atoms with E-state index in [0.717, 1.165) is 16.8 Å². The smallest absolute Gasteiger partial charge is 0.357 e. The fourth-order valence-corrected chi connectivity index (χ4v) is 5.79. The molecule has 166 valence electrons. The number of halogens is 2. The zero-order valence-corrected chi connectivity index (χ0v) is 20.2. The van der Waals surface area contributed by atoms with E-state index < -0.39 is 19.2 Å². The largest absolute Gasteiger partial charge is 0.367 e. The minimum atomic E-state index is -3.81. The van der Waals surface area contributed by atoms with Crippen LogP contribution in [0.4, 0.5) is 10.1 Å². The minimum Gasteiger partial charge on any atom is -0.367 e. The standard InChI is InChI=1S/C23H32ClFNO3P/c1-7-28-30(27,29-8-2)23(21-19(24)13-10-14-20(21)25)26-22-17(15(3)4)11-9-12-18(22)16(5)6/h9-16,23,26H,7-8H2,1-6H3. The summed E-state index contributed by atoms with van der Waals surface area (Å²) in [6.07, 6.45) is 0. The monoisotopic (exact) mass is 455 g/mol. The summed E-state index contributed by atoms with van der Waals surface area (Å²) >= 11 is 6.39. The Hall–Kier alpha value is -1.39. The van der Waals surface area contributed by atoms with Crippen LogP contribution >= 0.6 is 19.2 Å². The van der Waals surface area contributed by atoms with E-state index >= 15 is 0 Å². The molecule has 0 aliphatic heterocycles. The second-order valence-corrected chi connectivity index (χ2v) is 10.2. The van der Waals surface area contributed by atoms with Gasteiger partial charge in [-0.15, -0.1) is 0 Å². The van der Waals surface area contributed by atoms with E-state index in [2.05, 4.69) is 33.0 Å². The molecule has 0 fully saturated rings. The van der Waals surface area contributed by atoms with Crippen LogP contribution in [0.25, 0.3) is 0 Å². The first-order valence-corrected chi connectivity index (χ1v) is 12.4. The van der Waals surface area contributed by atoms with Gasteiger partial charge in [-0.3, -0.25) is 4.57 Å². The first-order chi connectivity index (χ1) is 14.2. The first-order valence-electron chi connectivity index (χ1n) is 10.4. The normalized spacial score (nSPS) is 13.1. The molecule has 30 heavy (non-hydrogen) atoms. The molecule has 0 aromatic heterocycles. The van der Waals surface area contributed by atoms with Gasteiger partial charge in [0.05, 0.1) is 13.2 Å². The molecule has 1 unspecified atom stereocenters. The Morgan fingerprint density at radius 2 is 1.47 bits per heavy atom. The molecule has 2 aromatic carbocycles. The summed E-state index contributed by atoms with van der Waals surface area (Å²) in [7, 11) is -3.81. The SMILES string of the molecule is CCOP(=O)(OCC)C(Nc1c(C(C)C)cccc1C(C)C)c1c(F)cccc1Cl. The van der Waals surface area contributed by atoms with Crippen molar-refractivity contribution in [2.75, 3.05) is 18.5 Å². The zero-order valence-electron chi connectivity index (χ0n) is 18.5. The second kappa shape index (κ2) is 10.8. The van der Waals surface area contributed by atoms with Crippen molar-refractivity contribution in [1.29, 1.82) is 0 Å². The van der Waals surface area contributed by atoms with Crippen molar-refractivity contribution in [2.24, 2.45) is 0 Å².